The van der Waals surface area contributed by atoms with Gasteiger partial charge in [-0.1, -0.05) is 36.8 Å². The van der Waals surface area contributed by atoms with Crippen LogP contribution in [-0.2, 0) is 9.53 Å². The first-order chi connectivity index (χ1) is 15.2. The van der Waals surface area contributed by atoms with E-state index in [9.17, 15) is 9.90 Å². The number of hydrogen-bond donors (Lipinski definition) is 3. The van der Waals surface area contributed by atoms with Gasteiger partial charge in [0.1, 0.15) is 12.4 Å². The van der Waals surface area contributed by atoms with Gasteiger partial charge in [-0.15, -0.1) is 0 Å². The molecule has 2 aliphatic heterocycles. The van der Waals surface area contributed by atoms with E-state index in [1.165, 1.54) is 12.8 Å². The molecule has 2 bridgehead atoms. The molecule has 3 rings (SSSR count). The van der Waals surface area contributed by atoms with Crippen LogP contribution >= 0.6 is 0 Å². The van der Waals surface area contributed by atoms with Crippen LogP contribution in [0.15, 0.2) is 47.5 Å². The summed E-state index contributed by atoms with van der Waals surface area (Å²) in [4.78, 5) is 15.1. The SMILES string of the molecule is O=C(O)CCCC=CC[C@@H]1[C@H](CCCCN=C(CO)Nc2ccccc2)[C@@H]2CC[C@H]1O2. The minimum absolute atomic E-state index is 0.0873. The highest BCUT2D eigenvalue weighted by atomic mass is 16.5. The Morgan fingerprint density at radius 2 is 1.87 bits per heavy atom. The van der Waals surface area contributed by atoms with Gasteiger partial charge in [0.25, 0.3) is 0 Å². The number of allylic oxidation sites excluding steroid dienone is 2. The molecule has 0 amide bonds. The molecule has 2 heterocycles. The van der Waals surface area contributed by atoms with Crippen LogP contribution in [0.4, 0.5) is 5.69 Å². The third kappa shape index (κ3) is 7.47. The van der Waals surface area contributed by atoms with Gasteiger partial charge in [0, 0.05) is 18.7 Å². The van der Waals surface area contributed by atoms with Crippen LogP contribution in [0.5, 0.6) is 0 Å². The monoisotopic (exact) mass is 428 g/mol. The number of rotatable bonds is 13. The van der Waals surface area contributed by atoms with Gasteiger partial charge in [-0.25, -0.2) is 0 Å². The zero-order chi connectivity index (χ0) is 21.9. The van der Waals surface area contributed by atoms with Gasteiger partial charge in [-0.3, -0.25) is 9.79 Å². The zero-order valence-corrected chi connectivity index (χ0v) is 18.3. The normalized spacial score (nSPS) is 25.4. The van der Waals surface area contributed by atoms with Crippen molar-refractivity contribution in [3.63, 3.8) is 0 Å². The second-order valence-corrected chi connectivity index (χ2v) is 8.58. The highest BCUT2D eigenvalue weighted by Crippen LogP contribution is 2.47. The maximum atomic E-state index is 10.6. The predicted octanol–water partition coefficient (Wildman–Crippen LogP) is 4.65. The summed E-state index contributed by atoms with van der Waals surface area (Å²) in [7, 11) is 0. The van der Waals surface area contributed by atoms with Crippen LogP contribution in [0, 0.1) is 11.8 Å². The number of benzene rings is 1. The smallest absolute Gasteiger partial charge is 0.303 e. The largest absolute Gasteiger partial charge is 0.481 e. The third-order valence-corrected chi connectivity index (χ3v) is 6.39. The van der Waals surface area contributed by atoms with Crippen LogP contribution in [0.25, 0.3) is 0 Å². The quantitative estimate of drug-likeness (QED) is 0.184. The molecule has 0 saturated carbocycles. The average Bonchev–Trinajstić information content (AvgIpc) is 3.37. The number of nitrogens with zero attached hydrogens (tertiary/aromatic N) is 1. The number of ether oxygens (including phenoxy) is 1. The van der Waals surface area contributed by atoms with E-state index >= 15 is 0 Å². The third-order valence-electron chi connectivity index (χ3n) is 6.39. The van der Waals surface area contributed by atoms with Crippen molar-refractivity contribution in [2.45, 2.75) is 70.0 Å². The van der Waals surface area contributed by atoms with Crippen LogP contribution < -0.4 is 5.32 Å². The molecule has 0 radical (unpaired) electrons. The lowest BCUT2D eigenvalue weighted by Gasteiger charge is -2.27. The number of anilines is 1. The van der Waals surface area contributed by atoms with E-state index in [-0.39, 0.29) is 13.0 Å². The van der Waals surface area contributed by atoms with Crippen LogP contribution in [0.2, 0.25) is 0 Å². The summed E-state index contributed by atoms with van der Waals surface area (Å²) in [5, 5.41) is 21.4. The highest BCUT2D eigenvalue weighted by Gasteiger charge is 2.47. The predicted molar refractivity (Wildman–Crippen MR) is 123 cm³/mol. The van der Waals surface area contributed by atoms with Crippen LogP contribution in [-0.4, -0.2) is 47.4 Å². The molecular formula is C25H36N2O4. The van der Waals surface area contributed by atoms with Gasteiger partial charge in [-0.05, 0) is 68.9 Å². The molecule has 0 aliphatic carbocycles. The van der Waals surface area contributed by atoms with Crippen molar-refractivity contribution in [3.8, 4) is 0 Å². The fourth-order valence-corrected chi connectivity index (χ4v) is 4.86. The first-order valence-electron chi connectivity index (χ1n) is 11.7. The number of amidine groups is 1. The number of aliphatic carboxylic acids is 1. The fraction of sp³-hybridized carbons (Fsp3) is 0.600. The van der Waals surface area contributed by atoms with Crippen LogP contribution in [0.3, 0.4) is 0 Å². The number of carbonyl (C=O) groups is 1. The van der Waals surface area contributed by atoms with Gasteiger partial charge in [0.15, 0.2) is 0 Å². The molecule has 0 unspecified atom stereocenters. The summed E-state index contributed by atoms with van der Waals surface area (Å²) >= 11 is 0. The number of carboxylic acids is 1. The van der Waals surface area contributed by atoms with Crippen molar-refractivity contribution in [1.82, 2.24) is 0 Å². The molecule has 3 N–H and O–H groups in total. The molecule has 170 valence electrons. The summed E-state index contributed by atoms with van der Waals surface area (Å²) in [6.45, 7) is 0.627. The first kappa shape index (κ1) is 23.5. The number of aliphatic hydroxyl groups is 1. The zero-order valence-electron chi connectivity index (χ0n) is 18.3. The molecule has 1 aromatic carbocycles. The number of carboxylic acid groups (broad SMARTS) is 1. The lowest BCUT2D eigenvalue weighted by Crippen LogP contribution is -2.26. The Labute approximate surface area is 185 Å². The molecule has 2 fully saturated rings. The lowest BCUT2D eigenvalue weighted by molar-refractivity contribution is -0.137. The number of aliphatic imine (C=N–C) groups is 1. The first-order valence-corrected chi connectivity index (χ1v) is 11.7. The summed E-state index contributed by atoms with van der Waals surface area (Å²) in [6.07, 6.45) is 13.6. The van der Waals surface area contributed by atoms with Crippen molar-refractivity contribution in [1.29, 1.82) is 0 Å². The van der Waals surface area contributed by atoms with Gasteiger partial charge in [-0.2, -0.15) is 0 Å². The number of hydrogen-bond acceptors (Lipinski definition) is 4. The van der Waals surface area contributed by atoms with E-state index in [4.69, 9.17) is 9.84 Å². The van der Waals surface area contributed by atoms with E-state index in [1.807, 2.05) is 30.3 Å². The Balaban J connectivity index is 1.38. The Kier molecular flexibility index (Phi) is 9.56. The number of aliphatic hydroxyl groups excluding tert-OH is 1. The molecule has 2 aliphatic rings. The number of para-hydroxylation sites is 1. The number of fused-ring (bicyclic) bond motifs is 2. The molecule has 4 atom stereocenters. The summed E-state index contributed by atoms with van der Waals surface area (Å²) in [5.74, 6) is 1.10. The highest BCUT2D eigenvalue weighted by molar-refractivity contribution is 5.96. The van der Waals surface area contributed by atoms with Crippen molar-refractivity contribution < 1.29 is 19.7 Å². The van der Waals surface area contributed by atoms with Gasteiger partial charge < -0.3 is 20.3 Å². The Hall–Kier alpha value is -2.18. The molecule has 31 heavy (non-hydrogen) atoms. The molecule has 2 saturated heterocycles. The van der Waals surface area contributed by atoms with Crippen molar-refractivity contribution >= 4 is 17.5 Å². The minimum atomic E-state index is -0.721. The summed E-state index contributed by atoms with van der Waals surface area (Å²) in [6, 6.07) is 9.79. The van der Waals surface area contributed by atoms with Gasteiger partial charge in [0.2, 0.25) is 0 Å². The maximum Gasteiger partial charge on any atom is 0.303 e. The van der Waals surface area contributed by atoms with E-state index in [0.29, 0.717) is 42.8 Å². The number of nitrogens with one attached hydrogen (secondary N) is 1. The Morgan fingerprint density at radius 3 is 2.61 bits per heavy atom. The average molecular weight is 429 g/mol. The van der Waals surface area contributed by atoms with Crippen molar-refractivity contribution in [2.75, 3.05) is 18.5 Å². The van der Waals surface area contributed by atoms with E-state index < -0.39 is 5.97 Å². The molecule has 1 aromatic rings. The van der Waals surface area contributed by atoms with Crippen molar-refractivity contribution in [3.05, 3.63) is 42.5 Å². The lowest BCUT2D eigenvalue weighted by atomic mass is 9.75. The van der Waals surface area contributed by atoms with E-state index in [1.54, 1.807) is 0 Å². The molecular weight excluding hydrogens is 392 g/mol. The second-order valence-electron chi connectivity index (χ2n) is 8.58. The topological polar surface area (TPSA) is 91.2 Å². The van der Waals surface area contributed by atoms with Gasteiger partial charge in [0.05, 0.1) is 12.2 Å². The van der Waals surface area contributed by atoms with Crippen LogP contribution in [0.1, 0.15) is 57.8 Å². The molecule has 0 spiro atoms. The molecule has 0 aromatic heterocycles. The standard InChI is InChI=1S/C25H36N2O4/c28-18-24(27-19-10-4-3-5-11-19)26-17-9-8-13-21-20(22-15-16-23(21)31-22)12-6-1-2-7-14-25(29)30/h1,3-6,10-11,20-23,28H,2,7-9,12-18H2,(H,26,27)(H,29,30)/t20-,21+,22-,23+/m1/s1. The van der Waals surface area contributed by atoms with E-state index in [2.05, 4.69) is 22.5 Å². The minimum Gasteiger partial charge on any atom is -0.481 e. The molecule has 6 nitrogen and oxygen atoms in total. The van der Waals surface area contributed by atoms with Crippen molar-refractivity contribution in [2.24, 2.45) is 16.8 Å². The Morgan fingerprint density at radius 1 is 1.10 bits per heavy atom. The molecule has 6 heteroatoms. The fourth-order valence-electron chi connectivity index (χ4n) is 4.86. The van der Waals surface area contributed by atoms with Gasteiger partial charge >= 0.3 is 5.97 Å². The van der Waals surface area contributed by atoms with E-state index in [0.717, 1.165) is 37.8 Å². The Bertz CT molecular complexity index is 734. The maximum absolute atomic E-state index is 10.6. The summed E-state index contributed by atoms with van der Waals surface area (Å²) in [5.41, 5.74) is 0.938. The number of unbranched alkanes of at least 4 members (excludes halogenated alkanes) is 2. The summed E-state index contributed by atoms with van der Waals surface area (Å²) < 4.78 is 6.20. The second kappa shape index (κ2) is 12.6.